The molecule has 0 N–H and O–H groups in total. The second-order valence-electron chi connectivity index (χ2n) is 5.25. The zero-order chi connectivity index (χ0) is 16.4. The van der Waals surface area contributed by atoms with Crippen LogP contribution in [0.2, 0.25) is 0 Å². The molecule has 6 heteroatoms. The zero-order valence-corrected chi connectivity index (χ0v) is 12.5. The Morgan fingerprint density at radius 1 is 1.30 bits per heavy atom. The zero-order valence-electron chi connectivity index (χ0n) is 12.5. The maximum Gasteiger partial charge on any atom is 0.159 e. The molecule has 114 valence electrons. The Morgan fingerprint density at radius 3 is 2.70 bits per heavy atom. The molecule has 3 rings (SSSR count). The van der Waals surface area contributed by atoms with Crippen molar-refractivity contribution in [1.29, 1.82) is 5.26 Å². The van der Waals surface area contributed by atoms with Gasteiger partial charge in [-0.3, -0.25) is 0 Å². The molecule has 0 atom stereocenters. The Kier molecular flexibility index (Phi) is 3.77. The van der Waals surface area contributed by atoms with Crippen molar-refractivity contribution in [2.75, 3.05) is 0 Å². The molecule has 0 unspecified atom stereocenters. The van der Waals surface area contributed by atoms with Crippen LogP contribution < -0.4 is 5.11 Å². The number of hydrogen-bond acceptors (Lipinski definition) is 5. The number of imidazole rings is 1. The second-order valence-corrected chi connectivity index (χ2v) is 5.25. The molecule has 2 heterocycles. The van der Waals surface area contributed by atoms with Gasteiger partial charge in [-0.25, -0.2) is 9.97 Å². The number of aromatic carboxylic acids is 1. The third-order valence-corrected chi connectivity index (χ3v) is 3.76. The number of carboxylic acid groups (broad SMARTS) is 1. The number of pyridine rings is 1. The van der Waals surface area contributed by atoms with Crippen molar-refractivity contribution < 1.29 is 9.90 Å². The first-order chi connectivity index (χ1) is 11.1. The molecule has 0 saturated carbocycles. The predicted molar refractivity (Wildman–Crippen MR) is 81.4 cm³/mol. The molecule has 1 aromatic carbocycles. The molecule has 0 radical (unpaired) electrons. The van der Waals surface area contributed by atoms with E-state index in [-0.39, 0.29) is 5.56 Å². The Hall–Kier alpha value is -3.20. The highest BCUT2D eigenvalue weighted by molar-refractivity contribution is 5.89. The highest BCUT2D eigenvalue weighted by Gasteiger charge is 2.10. The Bertz CT molecular complexity index is 920. The second kappa shape index (κ2) is 5.89. The summed E-state index contributed by atoms with van der Waals surface area (Å²) >= 11 is 0. The van der Waals surface area contributed by atoms with E-state index in [1.165, 1.54) is 12.3 Å². The molecule has 0 aliphatic heterocycles. The monoisotopic (exact) mass is 305 g/mol. The third-order valence-electron chi connectivity index (χ3n) is 3.76. The van der Waals surface area contributed by atoms with E-state index >= 15 is 0 Å². The topological polar surface area (TPSA) is 94.6 Å². The average Bonchev–Trinajstić information content (AvgIpc) is 2.89. The van der Waals surface area contributed by atoms with Crippen LogP contribution in [0.5, 0.6) is 0 Å². The summed E-state index contributed by atoms with van der Waals surface area (Å²) < 4.78 is 1.86. The van der Waals surface area contributed by atoms with Crippen molar-refractivity contribution >= 4 is 17.1 Å². The number of nitriles is 1. The van der Waals surface area contributed by atoms with E-state index in [0.717, 1.165) is 17.8 Å². The summed E-state index contributed by atoms with van der Waals surface area (Å²) in [6, 6.07) is 11.0. The van der Waals surface area contributed by atoms with Crippen LogP contribution >= 0.6 is 0 Å². The van der Waals surface area contributed by atoms with E-state index in [0.29, 0.717) is 23.1 Å². The van der Waals surface area contributed by atoms with Crippen molar-refractivity contribution in [2.24, 2.45) is 7.05 Å². The smallest absolute Gasteiger partial charge is 0.159 e. The predicted octanol–water partition coefficient (Wildman–Crippen LogP) is 0.989. The largest absolute Gasteiger partial charge is 0.545 e. The summed E-state index contributed by atoms with van der Waals surface area (Å²) in [7, 11) is 1.86. The molecular formula is C17H13N4O2-. The molecule has 0 amide bonds. The van der Waals surface area contributed by atoms with E-state index in [2.05, 4.69) is 16.0 Å². The number of hydrogen-bond donors (Lipinski definition) is 0. The molecule has 0 fully saturated rings. The maximum absolute atomic E-state index is 10.9. The van der Waals surface area contributed by atoms with E-state index < -0.39 is 5.97 Å². The molecule has 0 spiro atoms. The lowest BCUT2D eigenvalue weighted by Gasteiger charge is -2.03. The summed E-state index contributed by atoms with van der Waals surface area (Å²) in [5.74, 6) is -0.434. The molecule has 2 aromatic heterocycles. The van der Waals surface area contributed by atoms with Crippen molar-refractivity contribution in [2.45, 2.75) is 12.8 Å². The normalized spacial score (nSPS) is 10.6. The van der Waals surface area contributed by atoms with Gasteiger partial charge < -0.3 is 14.5 Å². The van der Waals surface area contributed by atoms with Crippen molar-refractivity contribution in [3.63, 3.8) is 0 Å². The molecule has 0 saturated heterocycles. The van der Waals surface area contributed by atoms with E-state index in [1.54, 1.807) is 12.1 Å². The fourth-order valence-corrected chi connectivity index (χ4v) is 2.46. The summed E-state index contributed by atoms with van der Waals surface area (Å²) in [5.41, 5.74) is 2.96. The molecule has 23 heavy (non-hydrogen) atoms. The number of carbonyl (C=O) groups excluding carboxylic acids is 1. The first kappa shape index (κ1) is 14.7. The van der Waals surface area contributed by atoms with Gasteiger partial charge in [-0.15, -0.1) is 0 Å². The third kappa shape index (κ3) is 2.90. The number of fused-ring (bicyclic) bond motifs is 1. The average molecular weight is 305 g/mol. The van der Waals surface area contributed by atoms with Gasteiger partial charge in [0.15, 0.2) is 5.65 Å². The number of rotatable bonds is 4. The summed E-state index contributed by atoms with van der Waals surface area (Å²) in [6.45, 7) is 0. The van der Waals surface area contributed by atoms with E-state index in [1.807, 2.05) is 23.7 Å². The van der Waals surface area contributed by atoms with Gasteiger partial charge in [-0.2, -0.15) is 5.26 Å². The Balaban J connectivity index is 1.83. The molecule has 3 aromatic rings. The lowest BCUT2D eigenvalue weighted by Crippen LogP contribution is -2.22. The van der Waals surface area contributed by atoms with Gasteiger partial charge in [0.1, 0.15) is 11.3 Å². The van der Waals surface area contributed by atoms with Crippen LogP contribution in [-0.4, -0.2) is 20.5 Å². The van der Waals surface area contributed by atoms with E-state index in [9.17, 15) is 9.90 Å². The van der Waals surface area contributed by atoms with Crippen LogP contribution in [0.4, 0.5) is 0 Å². The van der Waals surface area contributed by atoms with Crippen LogP contribution in [0.25, 0.3) is 11.2 Å². The minimum absolute atomic E-state index is 0.0224. The molecular weight excluding hydrogens is 292 g/mol. The highest BCUT2D eigenvalue weighted by Crippen LogP contribution is 2.16. The minimum atomic E-state index is -1.26. The summed E-state index contributed by atoms with van der Waals surface area (Å²) in [5, 5.41) is 19.7. The van der Waals surface area contributed by atoms with Crippen molar-refractivity contribution in [3.05, 3.63) is 59.0 Å². The Morgan fingerprint density at radius 2 is 2.04 bits per heavy atom. The number of benzene rings is 1. The first-order valence-corrected chi connectivity index (χ1v) is 7.10. The molecule has 0 bridgehead atoms. The van der Waals surface area contributed by atoms with Crippen molar-refractivity contribution in [3.8, 4) is 6.07 Å². The number of carboxylic acids is 1. The molecule has 0 aliphatic carbocycles. The van der Waals surface area contributed by atoms with Crippen molar-refractivity contribution in [1.82, 2.24) is 14.5 Å². The number of nitrogens with zero attached hydrogens (tertiary/aromatic N) is 4. The van der Waals surface area contributed by atoms with Gasteiger partial charge in [0.25, 0.3) is 0 Å². The molecule has 6 nitrogen and oxygen atoms in total. The number of aromatic nitrogens is 3. The van der Waals surface area contributed by atoms with Crippen LogP contribution in [0, 0.1) is 11.3 Å². The fraction of sp³-hybridized carbons (Fsp3) is 0.176. The Labute approximate surface area is 132 Å². The fourth-order valence-electron chi connectivity index (χ4n) is 2.46. The lowest BCUT2D eigenvalue weighted by atomic mass is 10.1. The van der Waals surface area contributed by atoms with Gasteiger partial charge in [-0.1, -0.05) is 12.1 Å². The van der Waals surface area contributed by atoms with Crippen LogP contribution in [0.1, 0.15) is 27.3 Å². The van der Waals surface area contributed by atoms with Crippen LogP contribution in [-0.2, 0) is 19.9 Å². The maximum atomic E-state index is 10.9. The standard InChI is InChI=1S/C17H14N4O2/c1-21-15(7-6-11-2-4-12(9-18)5-3-11)20-14-8-13(17(22)23)10-19-16(14)21/h2-5,8,10H,6-7H2,1H3,(H,22,23)/p-1. The quantitative estimate of drug-likeness (QED) is 0.716. The number of carbonyl (C=O) groups is 1. The lowest BCUT2D eigenvalue weighted by molar-refractivity contribution is -0.255. The van der Waals surface area contributed by atoms with Gasteiger partial charge in [0.2, 0.25) is 0 Å². The summed E-state index contributed by atoms with van der Waals surface area (Å²) in [4.78, 5) is 19.5. The highest BCUT2D eigenvalue weighted by atomic mass is 16.4. The van der Waals surface area contributed by atoms with E-state index in [4.69, 9.17) is 5.26 Å². The minimum Gasteiger partial charge on any atom is -0.545 e. The molecule has 0 aliphatic rings. The van der Waals surface area contributed by atoms with Gasteiger partial charge in [0.05, 0.1) is 17.6 Å². The first-order valence-electron chi connectivity index (χ1n) is 7.10. The van der Waals surface area contributed by atoms with Crippen LogP contribution in [0.3, 0.4) is 0 Å². The van der Waals surface area contributed by atoms with Gasteiger partial charge in [-0.05, 0) is 30.2 Å². The SMILES string of the molecule is Cn1c(CCc2ccc(C#N)cc2)nc2cc(C(=O)[O-])cnc21. The number of aryl methyl sites for hydroxylation is 3. The van der Waals surface area contributed by atoms with Gasteiger partial charge in [0, 0.05) is 25.2 Å². The van der Waals surface area contributed by atoms with Crippen LogP contribution in [0.15, 0.2) is 36.5 Å². The summed E-state index contributed by atoms with van der Waals surface area (Å²) in [6.07, 6.45) is 2.75. The van der Waals surface area contributed by atoms with Gasteiger partial charge >= 0.3 is 0 Å².